The molecule has 1 amide bonds. The van der Waals surface area contributed by atoms with Gasteiger partial charge < -0.3 is 15.1 Å². The van der Waals surface area contributed by atoms with Crippen LogP contribution in [0.25, 0.3) is 22.1 Å². The first-order chi connectivity index (χ1) is 10.8. The maximum atomic E-state index is 12.2. The average molecular weight is 379 g/mol. The molecule has 0 aliphatic carbocycles. The van der Waals surface area contributed by atoms with Crippen molar-refractivity contribution in [1.82, 2.24) is 15.3 Å². The highest BCUT2D eigenvalue weighted by Crippen LogP contribution is 2.27. The molecule has 8 heteroatoms. The summed E-state index contributed by atoms with van der Waals surface area (Å²) in [5.74, 6) is -0.0851. The maximum Gasteiger partial charge on any atom is 0.294 e. The van der Waals surface area contributed by atoms with E-state index in [0.717, 1.165) is 9.86 Å². The van der Waals surface area contributed by atoms with Gasteiger partial charge in [0.25, 0.3) is 5.56 Å². The molecule has 3 rings (SSSR count). The van der Waals surface area contributed by atoms with E-state index in [1.54, 1.807) is 19.9 Å². The fourth-order valence-electron chi connectivity index (χ4n) is 2.15. The molecule has 7 nitrogen and oxygen atoms in total. The number of H-pyrrole nitrogens is 1. The molecular formula is C15H15BrN4O3. The third-order valence-electron chi connectivity index (χ3n) is 3.65. The number of nitrogens with two attached hydrogens (primary N) is 1. The molecule has 0 unspecified atom stereocenters. The number of nitrogens with one attached hydrogen (secondary N) is 2. The summed E-state index contributed by atoms with van der Waals surface area (Å²) in [7, 11) is 0. The van der Waals surface area contributed by atoms with Crippen molar-refractivity contribution in [2.24, 2.45) is 5.73 Å². The van der Waals surface area contributed by atoms with E-state index in [4.69, 9.17) is 10.2 Å². The molecule has 2 heterocycles. The third kappa shape index (κ3) is 2.87. The molecule has 0 aliphatic heterocycles. The molecular weight excluding hydrogens is 364 g/mol. The minimum atomic E-state index is -0.908. The van der Waals surface area contributed by atoms with Gasteiger partial charge >= 0.3 is 0 Å². The number of aromatic amines is 1. The third-order valence-corrected chi connectivity index (χ3v) is 4.14. The summed E-state index contributed by atoms with van der Waals surface area (Å²) >= 11 is 3.39. The van der Waals surface area contributed by atoms with E-state index in [2.05, 4.69) is 31.2 Å². The van der Waals surface area contributed by atoms with Gasteiger partial charge in [0, 0.05) is 9.86 Å². The Bertz CT molecular complexity index is 974. The minimum Gasteiger partial charge on any atom is -0.449 e. The first kappa shape index (κ1) is 15.7. The van der Waals surface area contributed by atoms with E-state index >= 15 is 0 Å². The van der Waals surface area contributed by atoms with Gasteiger partial charge in [-0.3, -0.25) is 14.9 Å². The highest BCUT2D eigenvalue weighted by molar-refractivity contribution is 9.10. The SMILES string of the molecule is CC(C)(NCc1nc2c(oc3ccc(Br)cc32)c(=O)[nH]1)C(N)=O. The average Bonchev–Trinajstić information content (AvgIpc) is 2.84. The zero-order valence-corrected chi connectivity index (χ0v) is 14.2. The zero-order valence-electron chi connectivity index (χ0n) is 12.6. The van der Waals surface area contributed by atoms with Crippen LogP contribution in [0.3, 0.4) is 0 Å². The first-order valence-corrected chi connectivity index (χ1v) is 7.73. The number of primary amides is 1. The number of carbonyl (C=O) groups is 1. The van der Waals surface area contributed by atoms with Crippen molar-refractivity contribution >= 4 is 43.9 Å². The Labute approximate surface area is 139 Å². The molecule has 2 aromatic heterocycles. The number of hydrogen-bond donors (Lipinski definition) is 3. The van der Waals surface area contributed by atoms with E-state index in [9.17, 15) is 9.59 Å². The number of carbonyl (C=O) groups excluding carboxylic acids is 1. The summed E-state index contributed by atoms with van der Waals surface area (Å²) in [6.07, 6.45) is 0. The molecule has 3 aromatic rings. The quantitative estimate of drug-likeness (QED) is 0.640. The highest BCUT2D eigenvalue weighted by atomic mass is 79.9. The predicted molar refractivity (Wildman–Crippen MR) is 89.9 cm³/mol. The lowest BCUT2D eigenvalue weighted by Crippen LogP contribution is -2.50. The maximum absolute atomic E-state index is 12.2. The van der Waals surface area contributed by atoms with Gasteiger partial charge in [-0.05, 0) is 32.0 Å². The van der Waals surface area contributed by atoms with Crippen LogP contribution in [0.15, 0.2) is 31.9 Å². The van der Waals surface area contributed by atoms with Crippen LogP contribution in [0.1, 0.15) is 19.7 Å². The first-order valence-electron chi connectivity index (χ1n) is 6.94. The summed E-state index contributed by atoms with van der Waals surface area (Å²) in [6.45, 7) is 3.52. The van der Waals surface area contributed by atoms with E-state index < -0.39 is 11.4 Å². The van der Waals surface area contributed by atoms with Crippen molar-refractivity contribution in [3.8, 4) is 0 Å². The second kappa shape index (κ2) is 5.47. The van der Waals surface area contributed by atoms with Crippen LogP contribution in [0.5, 0.6) is 0 Å². The Hall–Kier alpha value is -2.19. The standard InChI is InChI=1S/C15H15BrN4O3/c1-15(2,14(17)22)18-6-10-19-11-8-5-7(16)3-4-9(8)23-12(11)13(21)20-10/h3-5,18H,6H2,1-2H3,(H2,17,22)(H,19,20,21). The van der Waals surface area contributed by atoms with Crippen molar-refractivity contribution in [1.29, 1.82) is 0 Å². The molecule has 0 saturated carbocycles. The van der Waals surface area contributed by atoms with Gasteiger partial charge in [-0.15, -0.1) is 0 Å². The molecule has 1 aromatic carbocycles. The Balaban J connectivity index is 2.06. The van der Waals surface area contributed by atoms with Gasteiger partial charge in [0.1, 0.15) is 16.9 Å². The summed E-state index contributed by atoms with van der Waals surface area (Å²) in [5.41, 5.74) is 5.29. The van der Waals surface area contributed by atoms with Crippen molar-refractivity contribution < 1.29 is 9.21 Å². The topological polar surface area (TPSA) is 114 Å². The van der Waals surface area contributed by atoms with Crippen molar-refractivity contribution in [3.05, 3.63) is 38.9 Å². The van der Waals surface area contributed by atoms with Crippen LogP contribution in [0.2, 0.25) is 0 Å². The minimum absolute atomic E-state index is 0.177. The van der Waals surface area contributed by atoms with Crippen molar-refractivity contribution in [2.75, 3.05) is 0 Å². The lowest BCUT2D eigenvalue weighted by Gasteiger charge is -2.21. The predicted octanol–water partition coefficient (Wildman–Crippen LogP) is 1.79. The van der Waals surface area contributed by atoms with Crippen LogP contribution < -0.4 is 16.6 Å². The second-order valence-corrected chi connectivity index (χ2v) is 6.69. The van der Waals surface area contributed by atoms with Crippen molar-refractivity contribution in [3.63, 3.8) is 0 Å². The fraction of sp³-hybridized carbons (Fsp3) is 0.267. The van der Waals surface area contributed by atoms with Gasteiger partial charge in [-0.25, -0.2) is 4.98 Å². The van der Waals surface area contributed by atoms with Crippen molar-refractivity contribution in [2.45, 2.75) is 25.9 Å². The number of fused-ring (bicyclic) bond motifs is 3. The van der Waals surface area contributed by atoms with Gasteiger partial charge in [0.15, 0.2) is 0 Å². The summed E-state index contributed by atoms with van der Waals surface area (Å²) in [5, 5.41) is 3.72. The number of hydrogen-bond acceptors (Lipinski definition) is 5. The molecule has 23 heavy (non-hydrogen) atoms. The van der Waals surface area contributed by atoms with E-state index in [0.29, 0.717) is 16.9 Å². The van der Waals surface area contributed by atoms with Crippen LogP contribution in [0, 0.1) is 0 Å². The lowest BCUT2D eigenvalue weighted by atomic mass is 10.1. The smallest absolute Gasteiger partial charge is 0.294 e. The second-order valence-electron chi connectivity index (χ2n) is 5.78. The lowest BCUT2D eigenvalue weighted by molar-refractivity contribution is -0.123. The Morgan fingerprint density at radius 1 is 1.48 bits per heavy atom. The Morgan fingerprint density at radius 3 is 2.91 bits per heavy atom. The molecule has 0 fully saturated rings. The number of benzene rings is 1. The molecule has 0 bridgehead atoms. The molecule has 0 spiro atoms. The van der Waals surface area contributed by atoms with Crippen LogP contribution in [-0.2, 0) is 11.3 Å². The number of nitrogens with zero attached hydrogens (tertiary/aromatic N) is 1. The summed E-state index contributed by atoms with van der Waals surface area (Å²) in [6, 6.07) is 5.45. The fourth-order valence-corrected chi connectivity index (χ4v) is 2.51. The Kier molecular flexibility index (Phi) is 3.73. The zero-order chi connectivity index (χ0) is 16.8. The number of rotatable bonds is 4. The monoisotopic (exact) mass is 378 g/mol. The summed E-state index contributed by atoms with van der Waals surface area (Å²) < 4.78 is 6.42. The molecule has 0 aliphatic rings. The molecule has 0 radical (unpaired) electrons. The number of furan rings is 1. The van der Waals surface area contributed by atoms with Crippen LogP contribution >= 0.6 is 15.9 Å². The van der Waals surface area contributed by atoms with E-state index in [-0.39, 0.29) is 17.7 Å². The van der Waals surface area contributed by atoms with E-state index in [1.165, 1.54) is 0 Å². The Morgan fingerprint density at radius 2 is 2.22 bits per heavy atom. The molecule has 120 valence electrons. The molecule has 0 atom stereocenters. The number of amides is 1. The van der Waals surface area contributed by atoms with Gasteiger partial charge in [-0.2, -0.15) is 0 Å². The largest absolute Gasteiger partial charge is 0.449 e. The van der Waals surface area contributed by atoms with Gasteiger partial charge in [0.2, 0.25) is 11.5 Å². The molecule has 4 N–H and O–H groups in total. The number of halogens is 1. The van der Waals surface area contributed by atoms with Crippen LogP contribution in [0.4, 0.5) is 0 Å². The van der Waals surface area contributed by atoms with Gasteiger partial charge in [-0.1, -0.05) is 15.9 Å². The van der Waals surface area contributed by atoms with Gasteiger partial charge in [0.05, 0.1) is 12.1 Å². The highest BCUT2D eigenvalue weighted by Gasteiger charge is 2.24. The molecule has 0 saturated heterocycles. The normalized spacial score (nSPS) is 12.1. The summed E-state index contributed by atoms with van der Waals surface area (Å²) in [4.78, 5) is 30.6. The number of aromatic nitrogens is 2. The van der Waals surface area contributed by atoms with Crippen LogP contribution in [-0.4, -0.2) is 21.4 Å². The van der Waals surface area contributed by atoms with E-state index in [1.807, 2.05) is 12.1 Å².